The Bertz CT molecular complexity index is 1170. The highest BCUT2D eigenvalue weighted by atomic mass is 32.1. The molecule has 2 aromatic heterocycles. The first-order chi connectivity index (χ1) is 10.7. The fourth-order valence-electron chi connectivity index (χ4n) is 3.23. The van der Waals surface area contributed by atoms with Gasteiger partial charge in [-0.15, -0.1) is 22.7 Å². The smallest absolute Gasteiger partial charge is 0.0542 e. The minimum absolute atomic E-state index is 1.33. The first-order valence-electron chi connectivity index (χ1n) is 7.45. The number of hydrogen-bond acceptors (Lipinski definition) is 2. The van der Waals surface area contributed by atoms with E-state index in [4.69, 9.17) is 0 Å². The van der Waals surface area contributed by atoms with Crippen molar-refractivity contribution < 1.29 is 0 Å². The van der Waals surface area contributed by atoms with Crippen LogP contribution in [0.3, 0.4) is 0 Å². The minimum atomic E-state index is 1.33. The van der Waals surface area contributed by atoms with Crippen LogP contribution in [0.5, 0.6) is 0 Å². The van der Waals surface area contributed by atoms with Crippen LogP contribution in [-0.2, 0) is 0 Å². The lowest BCUT2D eigenvalue weighted by atomic mass is 10.1. The highest BCUT2D eigenvalue weighted by Crippen LogP contribution is 2.45. The summed E-state index contributed by atoms with van der Waals surface area (Å²) in [6.45, 7) is 4.33. The van der Waals surface area contributed by atoms with Gasteiger partial charge in [-0.3, -0.25) is 0 Å². The zero-order valence-corrected chi connectivity index (χ0v) is 14.1. The molecule has 5 rings (SSSR count). The van der Waals surface area contributed by atoms with Crippen LogP contribution in [0.15, 0.2) is 48.5 Å². The summed E-state index contributed by atoms with van der Waals surface area (Å²) in [6.07, 6.45) is 0. The highest BCUT2D eigenvalue weighted by molar-refractivity contribution is 7.36. The third-order valence-electron chi connectivity index (χ3n) is 4.35. The molecule has 106 valence electrons. The van der Waals surface area contributed by atoms with Crippen LogP contribution >= 0.6 is 22.7 Å². The van der Waals surface area contributed by atoms with Crippen LogP contribution in [0.2, 0.25) is 0 Å². The Morgan fingerprint density at radius 1 is 0.591 bits per heavy atom. The molecular formula is C20H14S2. The normalized spacial score (nSPS) is 12.1. The molecule has 2 heteroatoms. The zero-order chi connectivity index (χ0) is 14.8. The van der Waals surface area contributed by atoms with Gasteiger partial charge in [-0.25, -0.2) is 0 Å². The van der Waals surface area contributed by atoms with Crippen molar-refractivity contribution in [2.45, 2.75) is 13.8 Å². The molecule has 0 bridgehead atoms. The largest absolute Gasteiger partial charge is 0.134 e. The Labute approximate surface area is 136 Å². The van der Waals surface area contributed by atoms with E-state index >= 15 is 0 Å². The van der Waals surface area contributed by atoms with Gasteiger partial charge in [0, 0.05) is 20.2 Å². The fourth-order valence-corrected chi connectivity index (χ4v) is 6.00. The highest BCUT2D eigenvalue weighted by Gasteiger charge is 2.12. The van der Waals surface area contributed by atoms with Crippen molar-refractivity contribution in [1.29, 1.82) is 0 Å². The summed E-state index contributed by atoms with van der Waals surface area (Å²) in [6, 6.07) is 18.3. The lowest BCUT2D eigenvalue weighted by Gasteiger charge is -2.00. The molecule has 5 aromatic rings. The lowest BCUT2D eigenvalue weighted by Crippen LogP contribution is -1.75. The number of hydrogen-bond donors (Lipinski definition) is 0. The molecule has 0 nitrogen and oxygen atoms in total. The van der Waals surface area contributed by atoms with E-state index in [9.17, 15) is 0 Å². The van der Waals surface area contributed by atoms with Crippen LogP contribution in [0.1, 0.15) is 11.1 Å². The van der Waals surface area contributed by atoms with Crippen molar-refractivity contribution in [1.82, 2.24) is 0 Å². The Balaban J connectivity index is 1.97. The van der Waals surface area contributed by atoms with E-state index in [2.05, 4.69) is 62.4 Å². The summed E-state index contributed by atoms with van der Waals surface area (Å²) in [5.41, 5.74) is 2.66. The van der Waals surface area contributed by atoms with Crippen molar-refractivity contribution in [2.24, 2.45) is 0 Å². The first kappa shape index (κ1) is 12.6. The molecule has 0 amide bonds. The molecule has 2 heterocycles. The predicted octanol–water partition coefficient (Wildman–Crippen LogP) is 7.04. The third-order valence-corrected chi connectivity index (χ3v) is 6.85. The number of fused-ring (bicyclic) bond motifs is 6. The second-order valence-electron chi connectivity index (χ2n) is 6.06. The van der Waals surface area contributed by atoms with Gasteiger partial charge in [0.25, 0.3) is 0 Å². The average molecular weight is 318 g/mol. The molecule has 0 N–H and O–H groups in total. The van der Waals surface area contributed by atoms with E-state index in [0.29, 0.717) is 0 Å². The van der Waals surface area contributed by atoms with Crippen molar-refractivity contribution in [3.05, 3.63) is 59.7 Å². The van der Waals surface area contributed by atoms with E-state index in [1.165, 1.54) is 51.5 Å². The minimum Gasteiger partial charge on any atom is -0.134 e. The van der Waals surface area contributed by atoms with E-state index in [0.717, 1.165) is 0 Å². The lowest BCUT2D eigenvalue weighted by molar-refractivity contribution is 1.51. The maximum Gasteiger partial charge on any atom is 0.0542 e. The molecule has 0 fully saturated rings. The maximum absolute atomic E-state index is 2.37. The molecule has 0 aliphatic heterocycles. The molecule has 0 aliphatic carbocycles. The topological polar surface area (TPSA) is 0 Å². The number of rotatable bonds is 0. The summed E-state index contributed by atoms with van der Waals surface area (Å²) < 4.78 is 5.71. The Morgan fingerprint density at radius 3 is 2.14 bits per heavy atom. The van der Waals surface area contributed by atoms with Crippen LogP contribution < -0.4 is 0 Å². The van der Waals surface area contributed by atoms with Crippen molar-refractivity contribution in [2.75, 3.05) is 0 Å². The Morgan fingerprint density at radius 2 is 1.27 bits per heavy atom. The van der Waals surface area contributed by atoms with Gasteiger partial charge in [0.2, 0.25) is 0 Å². The van der Waals surface area contributed by atoms with Crippen LogP contribution in [0.4, 0.5) is 0 Å². The van der Waals surface area contributed by atoms with Gasteiger partial charge >= 0.3 is 0 Å². The second kappa shape index (κ2) is 4.31. The molecule has 0 aliphatic rings. The van der Waals surface area contributed by atoms with Crippen molar-refractivity contribution in [3.63, 3.8) is 0 Å². The summed E-state index contributed by atoms with van der Waals surface area (Å²) >= 11 is 3.87. The molecule has 0 unspecified atom stereocenters. The zero-order valence-electron chi connectivity index (χ0n) is 12.4. The van der Waals surface area contributed by atoms with Gasteiger partial charge in [-0.2, -0.15) is 0 Å². The third kappa shape index (κ3) is 1.68. The molecular weight excluding hydrogens is 304 g/mol. The molecule has 22 heavy (non-hydrogen) atoms. The van der Waals surface area contributed by atoms with Gasteiger partial charge in [0.05, 0.1) is 9.40 Å². The van der Waals surface area contributed by atoms with E-state index in [1.54, 1.807) is 0 Å². The SMILES string of the molecule is Cc1ccc2cc3c(cc2c1)sc1c2ccc(C)cc2sc31. The van der Waals surface area contributed by atoms with Gasteiger partial charge in [-0.1, -0.05) is 35.9 Å². The molecule has 0 radical (unpaired) electrons. The standard InChI is InChI=1S/C20H14S2/c1-11-3-5-13-9-16-18(10-14(13)7-11)22-19-15-6-4-12(2)8-17(15)21-20(16)19/h3-10H,1-2H3. The molecule has 3 aromatic carbocycles. The quantitative estimate of drug-likeness (QED) is 0.287. The monoisotopic (exact) mass is 318 g/mol. The first-order valence-corrected chi connectivity index (χ1v) is 9.08. The van der Waals surface area contributed by atoms with Crippen molar-refractivity contribution >= 4 is 63.0 Å². The molecule has 0 saturated carbocycles. The van der Waals surface area contributed by atoms with Gasteiger partial charge in [-0.05, 0) is 48.4 Å². The van der Waals surface area contributed by atoms with Crippen LogP contribution in [-0.4, -0.2) is 0 Å². The maximum atomic E-state index is 2.37. The molecule has 0 saturated heterocycles. The second-order valence-corrected chi connectivity index (χ2v) is 8.17. The predicted molar refractivity (Wildman–Crippen MR) is 102 cm³/mol. The van der Waals surface area contributed by atoms with Crippen molar-refractivity contribution in [3.8, 4) is 0 Å². The Hall–Kier alpha value is -1.90. The number of aryl methyl sites for hydroxylation is 2. The number of thiophene rings is 2. The summed E-state index contributed by atoms with van der Waals surface area (Å²) in [5.74, 6) is 0. The van der Waals surface area contributed by atoms with Gasteiger partial charge in [0.1, 0.15) is 0 Å². The Kier molecular flexibility index (Phi) is 2.47. The summed E-state index contributed by atoms with van der Waals surface area (Å²) in [4.78, 5) is 0. The average Bonchev–Trinajstić information content (AvgIpc) is 3.00. The number of benzene rings is 3. The summed E-state index contributed by atoms with van der Waals surface area (Å²) in [7, 11) is 0. The van der Waals surface area contributed by atoms with E-state index in [-0.39, 0.29) is 0 Å². The van der Waals surface area contributed by atoms with Gasteiger partial charge < -0.3 is 0 Å². The fraction of sp³-hybridized carbons (Fsp3) is 0.100. The van der Waals surface area contributed by atoms with Crippen LogP contribution in [0.25, 0.3) is 40.3 Å². The van der Waals surface area contributed by atoms with Crippen LogP contribution in [0, 0.1) is 13.8 Å². The molecule has 0 atom stereocenters. The molecule has 0 spiro atoms. The van der Waals surface area contributed by atoms with E-state index in [1.807, 2.05) is 22.7 Å². The van der Waals surface area contributed by atoms with E-state index < -0.39 is 0 Å². The van der Waals surface area contributed by atoms with Gasteiger partial charge in [0.15, 0.2) is 0 Å². The summed E-state index contributed by atoms with van der Waals surface area (Å²) in [5, 5.41) is 5.51.